The van der Waals surface area contributed by atoms with Crippen LogP contribution in [0.2, 0.25) is 0 Å². The third kappa shape index (κ3) is 3.60. The third-order valence-electron chi connectivity index (χ3n) is 3.26. The molecule has 0 saturated heterocycles. The van der Waals surface area contributed by atoms with Crippen LogP contribution in [0.4, 0.5) is 5.69 Å². The van der Waals surface area contributed by atoms with E-state index in [-0.39, 0.29) is 11.8 Å². The van der Waals surface area contributed by atoms with Crippen molar-refractivity contribution in [1.82, 2.24) is 5.32 Å². The third-order valence-corrected chi connectivity index (χ3v) is 3.26. The Balaban J connectivity index is 2.28. The Morgan fingerprint density at radius 2 is 1.70 bits per heavy atom. The second-order valence-corrected chi connectivity index (χ2v) is 4.66. The van der Waals surface area contributed by atoms with Crippen LogP contribution < -0.4 is 20.1 Å². The number of carbonyl (C=O) groups is 2. The number of hydrogen-bond acceptors (Lipinski definition) is 4. The van der Waals surface area contributed by atoms with E-state index in [1.165, 1.54) is 14.2 Å². The zero-order chi connectivity index (χ0) is 16.8. The van der Waals surface area contributed by atoms with E-state index in [0.29, 0.717) is 28.3 Å². The first-order valence-electron chi connectivity index (χ1n) is 6.95. The van der Waals surface area contributed by atoms with Gasteiger partial charge in [-0.1, -0.05) is 12.1 Å². The van der Waals surface area contributed by atoms with Crippen molar-refractivity contribution in [3.63, 3.8) is 0 Å². The molecule has 0 saturated carbocycles. The van der Waals surface area contributed by atoms with Gasteiger partial charge in [0.15, 0.2) is 11.5 Å². The number of amides is 2. The summed E-state index contributed by atoms with van der Waals surface area (Å²) in [6, 6.07) is 11.7. The number of benzene rings is 2. The molecule has 0 heterocycles. The van der Waals surface area contributed by atoms with Crippen LogP contribution in [-0.4, -0.2) is 33.1 Å². The fraction of sp³-hybridized carbons (Fsp3) is 0.176. The predicted octanol–water partition coefficient (Wildman–Crippen LogP) is 2.32. The number of anilines is 1. The lowest BCUT2D eigenvalue weighted by molar-refractivity contribution is 0.0961. The molecular weight excluding hydrogens is 296 g/mol. The van der Waals surface area contributed by atoms with Crippen molar-refractivity contribution in [2.75, 3.05) is 26.6 Å². The molecule has 23 heavy (non-hydrogen) atoms. The van der Waals surface area contributed by atoms with Crippen molar-refractivity contribution in [3.05, 3.63) is 53.6 Å². The highest BCUT2D eigenvalue weighted by Gasteiger charge is 2.16. The highest BCUT2D eigenvalue weighted by molar-refractivity contribution is 6.07. The highest BCUT2D eigenvalue weighted by atomic mass is 16.5. The maximum Gasteiger partial charge on any atom is 0.259 e. The van der Waals surface area contributed by atoms with Crippen LogP contribution in [0.1, 0.15) is 20.7 Å². The molecule has 0 aromatic heterocycles. The van der Waals surface area contributed by atoms with E-state index in [4.69, 9.17) is 9.47 Å². The van der Waals surface area contributed by atoms with E-state index in [0.717, 1.165) is 0 Å². The molecule has 2 aromatic carbocycles. The fourth-order valence-electron chi connectivity index (χ4n) is 2.15. The van der Waals surface area contributed by atoms with Crippen molar-refractivity contribution in [2.24, 2.45) is 0 Å². The SMILES string of the molecule is CNC(=O)c1cccc(NC(=O)c2cccc(OC)c2OC)c1. The summed E-state index contributed by atoms with van der Waals surface area (Å²) in [5, 5.41) is 5.29. The highest BCUT2D eigenvalue weighted by Crippen LogP contribution is 2.31. The van der Waals surface area contributed by atoms with Crippen LogP contribution in [0, 0.1) is 0 Å². The van der Waals surface area contributed by atoms with Gasteiger partial charge in [0.25, 0.3) is 11.8 Å². The maximum absolute atomic E-state index is 12.5. The summed E-state index contributed by atoms with van der Waals surface area (Å²) in [7, 11) is 4.53. The first kappa shape index (κ1) is 16.4. The fourth-order valence-corrected chi connectivity index (χ4v) is 2.15. The molecule has 2 aromatic rings. The van der Waals surface area contributed by atoms with Gasteiger partial charge in [-0.15, -0.1) is 0 Å². The van der Waals surface area contributed by atoms with Gasteiger partial charge in [-0.05, 0) is 30.3 Å². The van der Waals surface area contributed by atoms with Crippen molar-refractivity contribution in [1.29, 1.82) is 0 Å². The average Bonchev–Trinajstić information content (AvgIpc) is 2.60. The molecule has 0 atom stereocenters. The van der Waals surface area contributed by atoms with E-state index >= 15 is 0 Å². The summed E-state index contributed by atoms with van der Waals surface area (Å²) >= 11 is 0. The number of ether oxygens (including phenoxy) is 2. The lowest BCUT2D eigenvalue weighted by atomic mass is 10.1. The molecule has 0 spiro atoms. The van der Waals surface area contributed by atoms with Crippen molar-refractivity contribution >= 4 is 17.5 Å². The molecule has 6 nitrogen and oxygen atoms in total. The molecule has 0 unspecified atom stereocenters. The van der Waals surface area contributed by atoms with E-state index in [9.17, 15) is 9.59 Å². The zero-order valence-electron chi connectivity index (χ0n) is 13.2. The molecule has 0 fully saturated rings. The number of hydrogen-bond donors (Lipinski definition) is 2. The van der Waals surface area contributed by atoms with Crippen LogP contribution in [-0.2, 0) is 0 Å². The Morgan fingerprint density at radius 1 is 0.957 bits per heavy atom. The largest absolute Gasteiger partial charge is 0.493 e. The lowest BCUT2D eigenvalue weighted by Gasteiger charge is -2.13. The van der Waals surface area contributed by atoms with Gasteiger partial charge in [0, 0.05) is 18.3 Å². The Hall–Kier alpha value is -3.02. The van der Waals surface area contributed by atoms with Gasteiger partial charge >= 0.3 is 0 Å². The summed E-state index contributed by atoms with van der Waals surface area (Å²) in [6.45, 7) is 0. The topological polar surface area (TPSA) is 76.7 Å². The Labute approximate surface area is 134 Å². The van der Waals surface area contributed by atoms with Gasteiger partial charge in [0.1, 0.15) is 0 Å². The number of methoxy groups -OCH3 is 2. The number of carbonyl (C=O) groups excluding carboxylic acids is 2. The molecule has 0 aliphatic heterocycles. The first-order chi connectivity index (χ1) is 11.1. The van der Waals surface area contributed by atoms with E-state index < -0.39 is 0 Å². The van der Waals surface area contributed by atoms with Gasteiger partial charge in [0.2, 0.25) is 0 Å². The Bertz CT molecular complexity index is 728. The lowest BCUT2D eigenvalue weighted by Crippen LogP contribution is -2.18. The minimum absolute atomic E-state index is 0.222. The molecule has 2 amide bonds. The van der Waals surface area contributed by atoms with Crippen LogP contribution in [0.3, 0.4) is 0 Å². The van der Waals surface area contributed by atoms with Crippen LogP contribution >= 0.6 is 0 Å². The summed E-state index contributed by atoms with van der Waals surface area (Å²) in [6.07, 6.45) is 0. The zero-order valence-corrected chi connectivity index (χ0v) is 13.2. The van der Waals surface area contributed by atoms with E-state index in [1.54, 1.807) is 49.5 Å². The van der Waals surface area contributed by atoms with Gasteiger partial charge in [-0.3, -0.25) is 9.59 Å². The standard InChI is InChI=1S/C17H18N2O4/c1-18-16(20)11-6-4-7-12(10-11)19-17(21)13-8-5-9-14(22-2)15(13)23-3/h4-10H,1-3H3,(H,18,20)(H,19,21). The minimum Gasteiger partial charge on any atom is -0.493 e. The van der Waals surface area contributed by atoms with E-state index in [2.05, 4.69) is 10.6 Å². The van der Waals surface area contributed by atoms with Crippen LogP contribution in [0.15, 0.2) is 42.5 Å². The molecule has 120 valence electrons. The quantitative estimate of drug-likeness (QED) is 0.888. The van der Waals surface area contributed by atoms with Gasteiger partial charge in [-0.2, -0.15) is 0 Å². The molecular formula is C17H18N2O4. The molecule has 0 aliphatic carbocycles. The molecule has 0 radical (unpaired) electrons. The van der Waals surface area contributed by atoms with Crippen LogP contribution in [0.25, 0.3) is 0 Å². The van der Waals surface area contributed by atoms with Gasteiger partial charge in [-0.25, -0.2) is 0 Å². The second-order valence-electron chi connectivity index (χ2n) is 4.66. The van der Waals surface area contributed by atoms with Crippen LogP contribution in [0.5, 0.6) is 11.5 Å². The Kier molecular flexibility index (Phi) is 5.19. The smallest absolute Gasteiger partial charge is 0.259 e. The average molecular weight is 314 g/mol. The van der Waals surface area contributed by atoms with Crippen molar-refractivity contribution < 1.29 is 19.1 Å². The number of para-hydroxylation sites is 1. The molecule has 0 bridgehead atoms. The first-order valence-corrected chi connectivity index (χ1v) is 6.95. The van der Waals surface area contributed by atoms with Crippen molar-refractivity contribution in [2.45, 2.75) is 0 Å². The normalized spacial score (nSPS) is 9.87. The second kappa shape index (κ2) is 7.31. The molecule has 0 aliphatic rings. The van der Waals surface area contributed by atoms with Gasteiger partial charge in [0.05, 0.1) is 19.8 Å². The number of nitrogens with one attached hydrogen (secondary N) is 2. The summed E-state index contributed by atoms with van der Waals surface area (Å²) in [5.41, 5.74) is 1.32. The summed E-state index contributed by atoms with van der Waals surface area (Å²) in [5.74, 6) is 0.254. The Morgan fingerprint density at radius 3 is 2.35 bits per heavy atom. The maximum atomic E-state index is 12.5. The number of rotatable bonds is 5. The van der Waals surface area contributed by atoms with Gasteiger partial charge < -0.3 is 20.1 Å². The summed E-state index contributed by atoms with van der Waals surface area (Å²) < 4.78 is 10.4. The summed E-state index contributed by atoms with van der Waals surface area (Å²) in [4.78, 5) is 24.1. The monoisotopic (exact) mass is 314 g/mol. The minimum atomic E-state index is -0.352. The predicted molar refractivity (Wildman–Crippen MR) is 87.3 cm³/mol. The molecule has 2 N–H and O–H groups in total. The molecule has 2 rings (SSSR count). The van der Waals surface area contributed by atoms with Crippen molar-refractivity contribution in [3.8, 4) is 11.5 Å². The molecule has 6 heteroatoms. The van der Waals surface area contributed by atoms with E-state index in [1.807, 2.05) is 0 Å².